The summed E-state index contributed by atoms with van der Waals surface area (Å²) in [5.41, 5.74) is 0. The summed E-state index contributed by atoms with van der Waals surface area (Å²) in [4.78, 5) is 2.32. The van der Waals surface area contributed by atoms with E-state index < -0.39 is 0 Å². The van der Waals surface area contributed by atoms with Crippen LogP contribution >= 0.6 is 11.3 Å². The lowest BCUT2D eigenvalue weighted by Crippen LogP contribution is -1.99. The van der Waals surface area contributed by atoms with Crippen LogP contribution in [0, 0.1) is 6.92 Å². The fourth-order valence-corrected chi connectivity index (χ4v) is 2.20. The second kappa shape index (κ2) is 6.17. The van der Waals surface area contributed by atoms with Gasteiger partial charge in [-0.2, -0.15) is 0 Å². The molecule has 1 aromatic rings. The predicted octanol–water partition coefficient (Wildman–Crippen LogP) is 2.91. The Bertz CT molecular complexity index is 258. The third-order valence-electron chi connectivity index (χ3n) is 2.06. The van der Waals surface area contributed by atoms with Gasteiger partial charge in [0.2, 0.25) is 0 Å². The molecule has 80 valence electrons. The molecule has 0 aliphatic heterocycles. The normalized spacial score (nSPS) is 13.1. The summed E-state index contributed by atoms with van der Waals surface area (Å²) in [6.45, 7) is 5.55. The minimum absolute atomic E-state index is 0.311. The lowest BCUT2D eigenvalue weighted by molar-refractivity contribution is 0.116. The van der Waals surface area contributed by atoms with Crippen molar-refractivity contribution < 1.29 is 9.84 Å². The summed E-state index contributed by atoms with van der Waals surface area (Å²) in [6.07, 6.45) is 1.40. The molecule has 0 aromatic carbocycles. The van der Waals surface area contributed by atoms with Gasteiger partial charge in [0.25, 0.3) is 0 Å². The van der Waals surface area contributed by atoms with Crippen molar-refractivity contribution in [3.8, 4) is 0 Å². The highest BCUT2D eigenvalue weighted by Crippen LogP contribution is 2.25. The fraction of sp³-hybridized carbons (Fsp3) is 0.636. The van der Waals surface area contributed by atoms with E-state index in [-0.39, 0.29) is 6.10 Å². The van der Waals surface area contributed by atoms with Crippen molar-refractivity contribution in [2.75, 3.05) is 13.2 Å². The van der Waals surface area contributed by atoms with Gasteiger partial charge in [-0.3, -0.25) is 0 Å². The van der Waals surface area contributed by atoms with Gasteiger partial charge >= 0.3 is 0 Å². The number of thiophene rings is 1. The largest absolute Gasteiger partial charge is 0.388 e. The molecule has 1 unspecified atom stereocenters. The molecule has 0 bridgehead atoms. The zero-order valence-electron chi connectivity index (χ0n) is 8.82. The number of hydrogen-bond donors (Lipinski definition) is 1. The second-order valence-corrected chi connectivity index (χ2v) is 4.62. The Morgan fingerprint density at radius 1 is 1.50 bits per heavy atom. The van der Waals surface area contributed by atoms with E-state index >= 15 is 0 Å². The molecular formula is C11H18O2S. The van der Waals surface area contributed by atoms with E-state index in [2.05, 4.69) is 6.92 Å². The van der Waals surface area contributed by atoms with Crippen LogP contribution in [0.15, 0.2) is 12.1 Å². The monoisotopic (exact) mass is 214 g/mol. The van der Waals surface area contributed by atoms with E-state index in [0.29, 0.717) is 0 Å². The van der Waals surface area contributed by atoms with Crippen LogP contribution in [0.1, 0.15) is 35.6 Å². The highest BCUT2D eigenvalue weighted by atomic mass is 32.1. The minimum atomic E-state index is -0.311. The van der Waals surface area contributed by atoms with Gasteiger partial charge < -0.3 is 9.84 Å². The molecule has 0 aliphatic carbocycles. The Morgan fingerprint density at radius 3 is 2.86 bits per heavy atom. The fourth-order valence-electron chi connectivity index (χ4n) is 1.30. The lowest BCUT2D eigenvalue weighted by atomic mass is 10.2. The van der Waals surface area contributed by atoms with Crippen LogP contribution in [-0.2, 0) is 4.74 Å². The van der Waals surface area contributed by atoms with Gasteiger partial charge in [-0.05, 0) is 38.8 Å². The Balaban J connectivity index is 2.25. The van der Waals surface area contributed by atoms with Crippen molar-refractivity contribution in [1.29, 1.82) is 0 Å². The molecule has 0 spiro atoms. The molecule has 14 heavy (non-hydrogen) atoms. The van der Waals surface area contributed by atoms with E-state index in [9.17, 15) is 5.11 Å². The third kappa shape index (κ3) is 3.78. The maximum absolute atomic E-state index is 9.79. The summed E-state index contributed by atoms with van der Waals surface area (Å²) in [5, 5.41) is 9.79. The predicted molar refractivity (Wildman–Crippen MR) is 59.7 cm³/mol. The van der Waals surface area contributed by atoms with Gasteiger partial charge in [0.05, 0.1) is 6.10 Å². The highest BCUT2D eigenvalue weighted by molar-refractivity contribution is 7.11. The summed E-state index contributed by atoms with van der Waals surface area (Å²) in [7, 11) is 0. The van der Waals surface area contributed by atoms with Gasteiger partial charge in [-0.15, -0.1) is 11.3 Å². The van der Waals surface area contributed by atoms with Crippen molar-refractivity contribution in [3.63, 3.8) is 0 Å². The number of ether oxygens (including phenoxy) is 1. The quantitative estimate of drug-likeness (QED) is 0.738. The Labute approximate surface area is 89.5 Å². The molecular weight excluding hydrogens is 196 g/mol. The maximum atomic E-state index is 9.79. The molecule has 0 fully saturated rings. The van der Waals surface area contributed by atoms with Crippen LogP contribution in [0.3, 0.4) is 0 Å². The van der Waals surface area contributed by atoms with E-state index in [4.69, 9.17) is 4.74 Å². The van der Waals surface area contributed by atoms with Crippen LogP contribution < -0.4 is 0 Å². The smallest absolute Gasteiger partial charge is 0.0882 e. The highest BCUT2D eigenvalue weighted by Gasteiger charge is 2.08. The molecule has 0 amide bonds. The van der Waals surface area contributed by atoms with Gasteiger partial charge in [0, 0.05) is 23.0 Å². The van der Waals surface area contributed by atoms with E-state index in [1.54, 1.807) is 11.3 Å². The number of aliphatic hydroxyl groups is 1. The first-order chi connectivity index (χ1) is 6.74. The summed E-state index contributed by atoms with van der Waals surface area (Å²) >= 11 is 1.67. The van der Waals surface area contributed by atoms with Gasteiger partial charge in [0.1, 0.15) is 0 Å². The zero-order valence-corrected chi connectivity index (χ0v) is 9.64. The first kappa shape index (κ1) is 11.7. The zero-order chi connectivity index (χ0) is 10.4. The molecule has 1 aromatic heterocycles. The molecule has 0 saturated carbocycles. The molecule has 1 N–H and O–H groups in total. The molecule has 3 heteroatoms. The van der Waals surface area contributed by atoms with Crippen LogP contribution in [0.5, 0.6) is 0 Å². The minimum Gasteiger partial charge on any atom is -0.388 e. The first-order valence-corrected chi connectivity index (χ1v) is 5.88. The lowest BCUT2D eigenvalue weighted by Gasteiger charge is -2.07. The molecule has 1 heterocycles. The maximum Gasteiger partial charge on any atom is 0.0882 e. The first-order valence-electron chi connectivity index (χ1n) is 5.06. The summed E-state index contributed by atoms with van der Waals surface area (Å²) in [5.74, 6) is 0. The van der Waals surface area contributed by atoms with Gasteiger partial charge in [-0.1, -0.05) is 0 Å². The topological polar surface area (TPSA) is 29.5 Å². The molecule has 1 atom stereocenters. The SMILES string of the molecule is CCOCCCC(O)c1ccc(C)s1. The number of hydrogen-bond acceptors (Lipinski definition) is 3. The molecule has 0 radical (unpaired) electrons. The molecule has 0 saturated heterocycles. The number of aliphatic hydroxyl groups excluding tert-OH is 1. The molecule has 2 nitrogen and oxygen atoms in total. The molecule has 1 rings (SSSR count). The van der Waals surface area contributed by atoms with Crippen LogP contribution in [0.2, 0.25) is 0 Å². The molecule has 0 aliphatic rings. The van der Waals surface area contributed by atoms with E-state index in [1.807, 2.05) is 19.1 Å². The van der Waals surface area contributed by atoms with Crippen molar-refractivity contribution >= 4 is 11.3 Å². The van der Waals surface area contributed by atoms with Crippen molar-refractivity contribution in [1.82, 2.24) is 0 Å². The van der Waals surface area contributed by atoms with Crippen LogP contribution in [0.4, 0.5) is 0 Å². The Kier molecular flexibility index (Phi) is 5.15. The van der Waals surface area contributed by atoms with Crippen molar-refractivity contribution in [2.24, 2.45) is 0 Å². The number of aryl methyl sites for hydroxylation is 1. The summed E-state index contributed by atoms with van der Waals surface area (Å²) in [6, 6.07) is 4.05. The Morgan fingerprint density at radius 2 is 2.29 bits per heavy atom. The standard InChI is InChI=1S/C11H18O2S/c1-3-13-8-4-5-10(12)11-7-6-9(2)14-11/h6-7,10,12H,3-5,8H2,1-2H3. The average molecular weight is 214 g/mol. The van der Waals surface area contributed by atoms with Crippen molar-refractivity contribution in [2.45, 2.75) is 32.8 Å². The Hall–Kier alpha value is -0.380. The van der Waals surface area contributed by atoms with E-state index in [1.165, 1.54) is 4.88 Å². The van der Waals surface area contributed by atoms with Crippen molar-refractivity contribution in [3.05, 3.63) is 21.9 Å². The second-order valence-electron chi connectivity index (χ2n) is 3.30. The van der Waals surface area contributed by atoms with Gasteiger partial charge in [0.15, 0.2) is 0 Å². The average Bonchev–Trinajstić information content (AvgIpc) is 2.59. The van der Waals surface area contributed by atoms with Crippen LogP contribution in [0.25, 0.3) is 0 Å². The number of rotatable bonds is 6. The van der Waals surface area contributed by atoms with Gasteiger partial charge in [-0.25, -0.2) is 0 Å². The third-order valence-corrected chi connectivity index (χ3v) is 3.16. The van der Waals surface area contributed by atoms with Crippen LogP contribution in [-0.4, -0.2) is 18.3 Å². The van der Waals surface area contributed by atoms with E-state index in [0.717, 1.165) is 30.9 Å². The summed E-state index contributed by atoms with van der Waals surface area (Å²) < 4.78 is 5.22.